The van der Waals surface area contributed by atoms with E-state index < -0.39 is 5.72 Å². The van der Waals surface area contributed by atoms with Crippen molar-refractivity contribution in [1.29, 1.82) is 0 Å². The topological polar surface area (TPSA) is 24.5 Å². The van der Waals surface area contributed by atoms with Crippen LogP contribution in [0.2, 0.25) is 5.02 Å². The Labute approximate surface area is 136 Å². The molecule has 0 saturated carbocycles. The zero-order valence-corrected chi connectivity index (χ0v) is 14.2. The molecule has 3 nitrogen and oxygen atoms in total. The number of hydrogen-bond donors (Lipinski definition) is 1. The van der Waals surface area contributed by atoms with Crippen LogP contribution in [0.5, 0.6) is 5.75 Å². The molecule has 1 aromatic rings. The van der Waals surface area contributed by atoms with Gasteiger partial charge in [-0.2, -0.15) is 0 Å². The van der Waals surface area contributed by atoms with Crippen LogP contribution in [0.3, 0.4) is 0 Å². The molecule has 3 rings (SSSR count). The van der Waals surface area contributed by atoms with Crippen molar-refractivity contribution in [3.05, 3.63) is 28.8 Å². The molecular formula is C16H21ClN2OS. The molecule has 2 heterocycles. The molecule has 1 N–H and O–H groups in total. The quantitative estimate of drug-likeness (QED) is 0.845. The zero-order chi connectivity index (χ0) is 15.2. The van der Waals surface area contributed by atoms with Crippen molar-refractivity contribution in [3.8, 4) is 5.75 Å². The molecule has 114 valence electrons. The molecule has 0 radical (unpaired) electrons. The van der Waals surface area contributed by atoms with Crippen molar-refractivity contribution in [2.75, 3.05) is 6.54 Å². The fourth-order valence-electron chi connectivity index (χ4n) is 3.33. The molecule has 0 amide bonds. The smallest absolute Gasteiger partial charge is 0.186 e. The summed E-state index contributed by atoms with van der Waals surface area (Å²) >= 11 is 12.0. The molecule has 5 heteroatoms. The van der Waals surface area contributed by atoms with Gasteiger partial charge in [-0.3, -0.25) is 0 Å². The second kappa shape index (κ2) is 5.33. The van der Waals surface area contributed by atoms with Gasteiger partial charge in [0, 0.05) is 23.0 Å². The highest BCUT2D eigenvalue weighted by Gasteiger charge is 2.53. The van der Waals surface area contributed by atoms with Gasteiger partial charge in [0.1, 0.15) is 5.75 Å². The fourth-order valence-corrected chi connectivity index (χ4v) is 4.02. The van der Waals surface area contributed by atoms with Gasteiger partial charge in [-0.15, -0.1) is 0 Å². The van der Waals surface area contributed by atoms with Crippen LogP contribution in [0.1, 0.15) is 45.2 Å². The summed E-state index contributed by atoms with van der Waals surface area (Å²) in [5, 5.41) is 4.97. The summed E-state index contributed by atoms with van der Waals surface area (Å²) in [7, 11) is 0. The Morgan fingerprint density at radius 2 is 2.24 bits per heavy atom. The first-order chi connectivity index (χ1) is 9.99. The number of ether oxygens (including phenoxy) is 1. The van der Waals surface area contributed by atoms with Crippen LogP contribution < -0.4 is 10.1 Å². The largest absolute Gasteiger partial charge is 0.467 e. The van der Waals surface area contributed by atoms with Crippen molar-refractivity contribution < 1.29 is 4.74 Å². The number of nitrogens with zero attached hydrogens (tertiary/aromatic N) is 1. The van der Waals surface area contributed by atoms with E-state index in [1.165, 1.54) is 0 Å². The maximum atomic E-state index is 6.39. The predicted octanol–water partition coefficient (Wildman–Crippen LogP) is 4.12. The van der Waals surface area contributed by atoms with E-state index in [1.54, 1.807) is 0 Å². The second-order valence-electron chi connectivity index (χ2n) is 6.03. The standard InChI is InChI=1S/C16H21ClN2OS/c1-4-5-9-19-15(21)18-14-10(2)16(19,3)20-12-8-6-7-11(17)13(12)14/h6-8,10,14H,4-5,9H2,1-3H3,(H,18,21). The molecule has 1 fully saturated rings. The number of rotatable bonds is 3. The van der Waals surface area contributed by atoms with Crippen molar-refractivity contribution in [3.63, 3.8) is 0 Å². The maximum Gasteiger partial charge on any atom is 0.186 e. The van der Waals surface area contributed by atoms with Gasteiger partial charge in [0.15, 0.2) is 10.8 Å². The Kier molecular flexibility index (Phi) is 3.78. The molecule has 0 aliphatic carbocycles. The minimum atomic E-state index is -0.417. The SMILES string of the molecule is CCCCN1C(=S)NC2c3c(Cl)cccc3OC1(C)C2C. The van der Waals surface area contributed by atoms with Crippen LogP contribution in [-0.2, 0) is 0 Å². The van der Waals surface area contributed by atoms with Gasteiger partial charge in [0.05, 0.1) is 6.04 Å². The van der Waals surface area contributed by atoms with Gasteiger partial charge in [0.2, 0.25) is 0 Å². The average molecular weight is 325 g/mol. The molecular weight excluding hydrogens is 304 g/mol. The van der Waals surface area contributed by atoms with Crippen LogP contribution in [0.4, 0.5) is 0 Å². The molecule has 1 aromatic carbocycles. The third-order valence-corrected chi connectivity index (χ3v) is 5.45. The minimum absolute atomic E-state index is 0.109. The lowest BCUT2D eigenvalue weighted by Gasteiger charge is -2.56. The maximum absolute atomic E-state index is 6.39. The van der Waals surface area contributed by atoms with E-state index in [4.69, 9.17) is 28.6 Å². The molecule has 2 aliphatic rings. The fraction of sp³-hybridized carbons (Fsp3) is 0.562. The lowest BCUT2D eigenvalue weighted by atomic mass is 9.81. The highest BCUT2D eigenvalue weighted by Crippen LogP contribution is 2.49. The minimum Gasteiger partial charge on any atom is -0.467 e. The Morgan fingerprint density at radius 1 is 1.48 bits per heavy atom. The first-order valence-electron chi connectivity index (χ1n) is 7.54. The lowest BCUT2D eigenvalue weighted by molar-refractivity contribution is -0.110. The van der Waals surface area contributed by atoms with Gasteiger partial charge in [0.25, 0.3) is 0 Å². The number of fused-ring (bicyclic) bond motifs is 4. The average Bonchev–Trinajstić information content (AvgIpc) is 2.42. The van der Waals surface area contributed by atoms with Gasteiger partial charge >= 0.3 is 0 Å². The van der Waals surface area contributed by atoms with Crippen LogP contribution in [0.25, 0.3) is 0 Å². The summed E-state index contributed by atoms with van der Waals surface area (Å²) in [6.07, 6.45) is 2.23. The van der Waals surface area contributed by atoms with E-state index in [0.29, 0.717) is 0 Å². The third kappa shape index (κ3) is 2.20. The normalized spacial score (nSPS) is 30.5. The molecule has 3 unspecified atom stereocenters. The predicted molar refractivity (Wildman–Crippen MR) is 89.7 cm³/mol. The van der Waals surface area contributed by atoms with Crippen molar-refractivity contribution in [1.82, 2.24) is 10.2 Å². The van der Waals surface area contributed by atoms with Gasteiger partial charge < -0.3 is 15.0 Å². The Morgan fingerprint density at radius 3 is 2.95 bits per heavy atom. The molecule has 3 atom stereocenters. The Balaban J connectivity index is 2.05. The highest BCUT2D eigenvalue weighted by atomic mass is 35.5. The van der Waals surface area contributed by atoms with E-state index in [0.717, 1.165) is 40.8 Å². The number of unbranched alkanes of at least 4 members (excludes halogenated alkanes) is 1. The zero-order valence-electron chi connectivity index (χ0n) is 12.6. The summed E-state index contributed by atoms with van der Waals surface area (Å²) < 4.78 is 6.38. The molecule has 2 bridgehead atoms. The molecule has 21 heavy (non-hydrogen) atoms. The Bertz CT molecular complexity index is 579. The van der Waals surface area contributed by atoms with E-state index in [2.05, 4.69) is 31.0 Å². The van der Waals surface area contributed by atoms with Crippen LogP contribution in [0.15, 0.2) is 18.2 Å². The summed E-state index contributed by atoms with van der Waals surface area (Å²) in [5.74, 6) is 1.12. The van der Waals surface area contributed by atoms with Crippen molar-refractivity contribution in [2.45, 2.75) is 45.4 Å². The molecule has 1 saturated heterocycles. The number of benzene rings is 1. The first-order valence-corrected chi connectivity index (χ1v) is 8.33. The second-order valence-corrected chi connectivity index (χ2v) is 6.82. The highest BCUT2D eigenvalue weighted by molar-refractivity contribution is 7.80. The summed E-state index contributed by atoms with van der Waals surface area (Å²) in [6.45, 7) is 7.43. The number of thiocarbonyl (C=S) groups is 1. The number of halogens is 1. The van der Waals surface area contributed by atoms with Crippen LogP contribution in [0, 0.1) is 5.92 Å². The van der Waals surface area contributed by atoms with Gasteiger partial charge in [-0.05, 0) is 37.7 Å². The van der Waals surface area contributed by atoms with Crippen molar-refractivity contribution in [2.24, 2.45) is 5.92 Å². The van der Waals surface area contributed by atoms with Crippen molar-refractivity contribution >= 4 is 28.9 Å². The lowest BCUT2D eigenvalue weighted by Crippen LogP contribution is -2.69. The molecule has 2 aliphatic heterocycles. The number of hydrogen-bond acceptors (Lipinski definition) is 2. The molecule has 0 spiro atoms. The van der Waals surface area contributed by atoms with Gasteiger partial charge in [-0.25, -0.2) is 0 Å². The number of nitrogens with one attached hydrogen (secondary N) is 1. The first kappa shape index (κ1) is 14.9. The van der Waals surface area contributed by atoms with Gasteiger partial charge in [-0.1, -0.05) is 37.9 Å². The monoisotopic (exact) mass is 324 g/mol. The van der Waals surface area contributed by atoms with E-state index in [-0.39, 0.29) is 12.0 Å². The molecule has 0 aromatic heterocycles. The summed E-state index contributed by atoms with van der Waals surface area (Å²) in [5.41, 5.74) is 0.612. The van der Waals surface area contributed by atoms with Crippen LogP contribution >= 0.6 is 23.8 Å². The van der Waals surface area contributed by atoms with Crippen LogP contribution in [-0.4, -0.2) is 22.3 Å². The summed E-state index contributed by atoms with van der Waals surface area (Å²) in [6, 6.07) is 5.95. The van der Waals surface area contributed by atoms with E-state index >= 15 is 0 Å². The van der Waals surface area contributed by atoms with E-state index in [9.17, 15) is 0 Å². The van der Waals surface area contributed by atoms with E-state index in [1.807, 2.05) is 18.2 Å². The summed E-state index contributed by atoms with van der Waals surface area (Å²) in [4.78, 5) is 2.19. The Hall–Kier alpha value is -1.00. The third-order valence-electron chi connectivity index (χ3n) is 4.78.